The van der Waals surface area contributed by atoms with Crippen molar-refractivity contribution in [2.75, 3.05) is 13.2 Å². The molecule has 0 bridgehead atoms. The first-order valence-electron chi connectivity index (χ1n) is 4.33. The predicted molar refractivity (Wildman–Crippen MR) is 41.5 cm³/mol. The Morgan fingerprint density at radius 3 is 2.67 bits per heavy atom. The summed E-state index contributed by atoms with van der Waals surface area (Å²) in [6.45, 7) is 0.787. The monoisotopic (exact) mass is 171 g/mol. The maximum atomic E-state index is 11.2. The van der Waals surface area contributed by atoms with Crippen molar-refractivity contribution >= 4 is 5.91 Å². The summed E-state index contributed by atoms with van der Waals surface area (Å²) in [6.07, 6.45) is 1.47. The first-order chi connectivity index (χ1) is 5.77. The zero-order valence-electron chi connectivity index (χ0n) is 6.82. The van der Waals surface area contributed by atoms with E-state index < -0.39 is 6.10 Å². The molecule has 68 valence electrons. The van der Waals surface area contributed by atoms with E-state index >= 15 is 0 Å². The number of hydrogen-bond acceptors (Lipinski definition) is 3. The van der Waals surface area contributed by atoms with Crippen LogP contribution in [0.15, 0.2) is 0 Å². The molecule has 2 N–H and O–H groups in total. The van der Waals surface area contributed by atoms with E-state index in [1.165, 1.54) is 0 Å². The molecule has 2 rings (SSSR count). The fraction of sp³-hybridized carbons (Fsp3) is 0.875. The fourth-order valence-corrected chi connectivity index (χ4v) is 1.33. The van der Waals surface area contributed by atoms with E-state index in [4.69, 9.17) is 4.74 Å². The van der Waals surface area contributed by atoms with Crippen LogP contribution in [-0.4, -0.2) is 36.4 Å². The third-order valence-corrected chi connectivity index (χ3v) is 2.33. The molecule has 1 aliphatic carbocycles. The molecule has 1 saturated heterocycles. The van der Waals surface area contributed by atoms with Crippen LogP contribution in [0, 0.1) is 5.92 Å². The van der Waals surface area contributed by atoms with Gasteiger partial charge in [-0.3, -0.25) is 4.79 Å². The van der Waals surface area contributed by atoms with E-state index in [0.29, 0.717) is 13.2 Å². The number of hydrogen-bond donors (Lipinski definition) is 2. The molecular formula is C8H13NO3. The van der Waals surface area contributed by atoms with E-state index in [1.54, 1.807) is 0 Å². The molecule has 12 heavy (non-hydrogen) atoms. The second kappa shape index (κ2) is 3.03. The molecule has 4 nitrogen and oxygen atoms in total. The van der Waals surface area contributed by atoms with E-state index in [-0.39, 0.29) is 17.9 Å². The average molecular weight is 171 g/mol. The Morgan fingerprint density at radius 1 is 1.42 bits per heavy atom. The zero-order valence-corrected chi connectivity index (χ0v) is 6.82. The van der Waals surface area contributed by atoms with Crippen LogP contribution >= 0.6 is 0 Å². The highest BCUT2D eigenvalue weighted by Gasteiger charge is 2.34. The Hall–Kier alpha value is -0.610. The summed E-state index contributed by atoms with van der Waals surface area (Å²) >= 11 is 0. The summed E-state index contributed by atoms with van der Waals surface area (Å²) in [5.74, 6) is 0.280. The summed E-state index contributed by atoms with van der Waals surface area (Å²) in [5, 5.41) is 12.1. The Bertz CT molecular complexity index is 191. The number of aliphatic hydroxyl groups excluding tert-OH is 1. The summed E-state index contributed by atoms with van der Waals surface area (Å²) in [4.78, 5) is 11.2. The summed E-state index contributed by atoms with van der Waals surface area (Å²) in [7, 11) is 0. The quantitative estimate of drug-likeness (QED) is 0.576. The maximum Gasteiger partial charge on any atom is 0.223 e. The van der Waals surface area contributed by atoms with Crippen LogP contribution in [-0.2, 0) is 9.53 Å². The van der Waals surface area contributed by atoms with Crippen molar-refractivity contribution in [2.24, 2.45) is 5.92 Å². The molecule has 4 heteroatoms. The first kappa shape index (κ1) is 8.01. The smallest absolute Gasteiger partial charge is 0.223 e. The van der Waals surface area contributed by atoms with E-state index in [1.807, 2.05) is 0 Å². The van der Waals surface area contributed by atoms with Gasteiger partial charge in [0.05, 0.1) is 25.4 Å². The number of aliphatic hydroxyl groups is 1. The van der Waals surface area contributed by atoms with Crippen molar-refractivity contribution in [2.45, 2.75) is 25.0 Å². The number of ether oxygens (including phenoxy) is 1. The Morgan fingerprint density at radius 2 is 2.17 bits per heavy atom. The largest absolute Gasteiger partial charge is 0.388 e. The number of amides is 1. The van der Waals surface area contributed by atoms with Gasteiger partial charge in [0.15, 0.2) is 0 Å². The molecule has 2 aliphatic rings. The van der Waals surface area contributed by atoms with Crippen LogP contribution in [0.5, 0.6) is 0 Å². The van der Waals surface area contributed by atoms with Gasteiger partial charge in [-0.2, -0.15) is 0 Å². The number of nitrogens with one attached hydrogen (secondary N) is 1. The highest BCUT2D eigenvalue weighted by Crippen LogP contribution is 2.29. The summed E-state index contributed by atoms with van der Waals surface area (Å²) < 4.78 is 5.01. The SMILES string of the molecule is O=C(NC1COCC1O)C1CC1. The lowest BCUT2D eigenvalue weighted by atomic mass is 10.2. The van der Waals surface area contributed by atoms with Crippen molar-refractivity contribution < 1.29 is 14.6 Å². The molecule has 2 unspecified atom stereocenters. The summed E-state index contributed by atoms with van der Waals surface area (Å²) in [5.41, 5.74) is 0. The van der Waals surface area contributed by atoms with Crippen LogP contribution < -0.4 is 5.32 Å². The van der Waals surface area contributed by atoms with Gasteiger partial charge in [0.2, 0.25) is 5.91 Å². The fourth-order valence-electron chi connectivity index (χ4n) is 1.33. The summed E-state index contributed by atoms with van der Waals surface area (Å²) in [6, 6.07) is -0.182. The first-order valence-corrected chi connectivity index (χ1v) is 4.33. The third-order valence-electron chi connectivity index (χ3n) is 2.33. The average Bonchev–Trinajstić information content (AvgIpc) is 2.80. The normalized spacial score (nSPS) is 35.1. The Labute approximate surface area is 70.9 Å². The highest BCUT2D eigenvalue weighted by atomic mass is 16.5. The van der Waals surface area contributed by atoms with Gasteiger partial charge in [-0.15, -0.1) is 0 Å². The third kappa shape index (κ3) is 1.59. The van der Waals surface area contributed by atoms with Gasteiger partial charge in [-0.25, -0.2) is 0 Å². The Kier molecular flexibility index (Phi) is 2.02. The standard InChI is InChI=1S/C8H13NO3/c10-7-4-12-3-6(7)9-8(11)5-1-2-5/h5-7,10H,1-4H2,(H,9,11). The molecule has 2 fully saturated rings. The van der Waals surface area contributed by atoms with Crippen molar-refractivity contribution in [3.63, 3.8) is 0 Å². The lowest BCUT2D eigenvalue weighted by molar-refractivity contribution is -0.123. The lowest BCUT2D eigenvalue weighted by Crippen LogP contribution is -2.43. The van der Waals surface area contributed by atoms with Crippen LogP contribution in [0.4, 0.5) is 0 Å². The van der Waals surface area contributed by atoms with Gasteiger partial charge in [-0.05, 0) is 12.8 Å². The van der Waals surface area contributed by atoms with Crippen LogP contribution in [0.2, 0.25) is 0 Å². The lowest BCUT2D eigenvalue weighted by Gasteiger charge is -2.13. The Balaban J connectivity index is 1.80. The molecule has 1 amide bonds. The second-order valence-electron chi connectivity index (χ2n) is 3.49. The van der Waals surface area contributed by atoms with Gasteiger partial charge in [0.1, 0.15) is 0 Å². The van der Waals surface area contributed by atoms with Gasteiger partial charge >= 0.3 is 0 Å². The molecule has 2 atom stereocenters. The minimum Gasteiger partial charge on any atom is -0.388 e. The van der Waals surface area contributed by atoms with Crippen molar-refractivity contribution in [1.29, 1.82) is 0 Å². The van der Waals surface area contributed by atoms with Crippen LogP contribution in [0.25, 0.3) is 0 Å². The molecule has 0 aromatic heterocycles. The van der Waals surface area contributed by atoms with Crippen LogP contribution in [0.1, 0.15) is 12.8 Å². The molecule has 1 aliphatic heterocycles. The van der Waals surface area contributed by atoms with Gasteiger partial charge in [-0.1, -0.05) is 0 Å². The predicted octanol–water partition coefficient (Wildman–Crippen LogP) is -0.728. The van der Waals surface area contributed by atoms with Gasteiger partial charge in [0.25, 0.3) is 0 Å². The van der Waals surface area contributed by atoms with E-state index in [2.05, 4.69) is 5.32 Å². The number of carbonyl (C=O) groups is 1. The maximum absolute atomic E-state index is 11.2. The molecule has 0 spiro atoms. The molecule has 0 radical (unpaired) electrons. The molecule has 1 heterocycles. The van der Waals surface area contributed by atoms with Crippen molar-refractivity contribution in [3.05, 3.63) is 0 Å². The molecule has 1 saturated carbocycles. The number of carbonyl (C=O) groups excluding carboxylic acids is 1. The van der Waals surface area contributed by atoms with E-state index in [0.717, 1.165) is 12.8 Å². The molecule has 0 aromatic carbocycles. The van der Waals surface area contributed by atoms with Gasteiger partial charge < -0.3 is 15.2 Å². The molecular weight excluding hydrogens is 158 g/mol. The topological polar surface area (TPSA) is 58.6 Å². The van der Waals surface area contributed by atoms with E-state index in [9.17, 15) is 9.90 Å². The second-order valence-corrected chi connectivity index (χ2v) is 3.49. The minimum absolute atomic E-state index is 0.0737. The van der Waals surface area contributed by atoms with Crippen molar-refractivity contribution in [1.82, 2.24) is 5.32 Å². The number of rotatable bonds is 2. The molecule has 0 aromatic rings. The minimum atomic E-state index is -0.521. The zero-order chi connectivity index (χ0) is 8.55. The highest BCUT2D eigenvalue weighted by molar-refractivity contribution is 5.81. The van der Waals surface area contributed by atoms with Gasteiger partial charge in [0, 0.05) is 5.92 Å². The van der Waals surface area contributed by atoms with Crippen molar-refractivity contribution in [3.8, 4) is 0 Å². The van der Waals surface area contributed by atoms with Crippen LogP contribution in [0.3, 0.4) is 0 Å².